The summed E-state index contributed by atoms with van der Waals surface area (Å²) in [6.07, 6.45) is 0.804. The summed E-state index contributed by atoms with van der Waals surface area (Å²) in [7, 11) is -2.01. The van der Waals surface area contributed by atoms with Crippen LogP contribution in [-0.2, 0) is 21.2 Å². The van der Waals surface area contributed by atoms with Crippen LogP contribution < -0.4 is 14.4 Å². The second kappa shape index (κ2) is 10.2. The quantitative estimate of drug-likeness (QED) is 0.526. The van der Waals surface area contributed by atoms with Gasteiger partial charge >= 0.3 is 0 Å². The zero-order valence-electron chi connectivity index (χ0n) is 18.3. The molecule has 8 nitrogen and oxygen atoms in total. The highest BCUT2D eigenvalue weighted by atomic mass is 32.2. The Hall–Kier alpha value is -3.11. The van der Waals surface area contributed by atoms with Crippen LogP contribution in [0, 0.1) is 0 Å². The molecule has 2 heterocycles. The molecule has 0 bridgehead atoms. The van der Waals surface area contributed by atoms with Crippen molar-refractivity contribution in [3.63, 3.8) is 0 Å². The predicted molar refractivity (Wildman–Crippen MR) is 129 cm³/mol. The third-order valence-electron chi connectivity index (χ3n) is 5.48. The van der Waals surface area contributed by atoms with E-state index in [1.165, 1.54) is 23.5 Å². The van der Waals surface area contributed by atoms with Crippen LogP contribution in [0.15, 0.2) is 64.9 Å². The summed E-state index contributed by atoms with van der Waals surface area (Å²) in [5.74, 6) is 0.911. The number of nitrogens with one attached hydrogen (secondary N) is 1. The number of anilines is 2. The third-order valence-corrected chi connectivity index (χ3v) is 7.77. The van der Waals surface area contributed by atoms with Gasteiger partial charge in [0.05, 0.1) is 23.4 Å². The van der Waals surface area contributed by atoms with Crippen molar-refractivity contribution in [3.05, 3.63) is 65.7 Å². The molecule has 1 amide bonds. The number of aromatic nitrogens is 1. The van der Waals surface area contributed by atoms with Gasteiger partial charge in [-0.25, -0.2) is 13.4 Å². The number of sulfonamides is 1. The van der Waals surface area contributed by atoms with Crippen molar-refractivity contribution in [3.8, 4) is 5.75 Å². The Morgan fingerprint density at radius 1 is 1.06 bits per heavy atom. The zero-order chi connectivity index (χ0) is 23.3. The molecule has 1 fully saturated rings. The highest BCUT2D eigenvalue weighted by Crippen LogP contribution is 2.28. The van der Waals surface area contributed by atoms with Gasteiger partial charge in [0.2, 0.25) is 5.91 Å². The molecular formula is C23H26N4O4S2. The van der Waals surface area contributed by atoms with Crippen LogP contribution >= 0.6 is 11.3 Å². The number of rotatable bonds is 8. The number of carbonyl (C=O) groups excluding carboxylic acids is 1. The number of carbonyl (C=O) groups is 1. The predicted octanol–water partition coefficient (Wildman–Crippen LogP) is 3.23. The average Bonchev–Trinajstić information content (AvgIpc) is 3.29. The molecule has 1 aliphatic heterocycles. The van der Waals surface area contributed by atoms with E-state index in [4.69, 9.17) is 4.74 Å². The van der Waals surface area contributed by atoms with Crippen molar-refractivity contribution in [2.24, 2.45) is 0 Å². The van der Waals surface area contributed by atoms with Gasteiger partial charge in [0.25, 0.3) is 10.0 Å². The van der Waals surface area contributed by atoms with Crippen molar-refractivity contribution in [2.45, 2.75) is 17.7 Å². The number of benzene rings is 2. The summed E-state index contributed by atoms with van der Waals surface area (Å²) in [4.78, 5) is 21.3. The SMILES string of the molecule is COc1ccccc1N1CCN(C(=O)CCc2csc(NS(=O)(=O)c3ccccc3)n2)CC1. The summed E-state index contributed by atoms with van der Waals surface area (Å²) in [5.41, 5.74) is 1.74. The Labute approximate surface area is 197 Å². The molecule has 4 rings (SSSR count). The van der Waals surface area contributed by atoms with Gasteiger partial charge in [-0.1, -0.05) is 30.3 Å². The fourth-order valence-electron chi connectivity index (χ4n) is 3.72. The Morgan fingerprint density at radius 2 is 1.76 bits per heavy atom. The average molecular weight is 487 g/mol. The van der Waals surface area contributed by atoms with E-state index in [9.17, 15) is 13.2 Å². The van der Waals surface area contributed by atoms with Crippen molar-refractivity contribution < 1.29 is 17.9 Å². The molecule has 3 aromatic rings. The van der Waals surface area contributed by atoms with Crippen molar-refractivity contribution in [1.82, 2.24) is 9.88 Å². The smallest absolute Gasteiger partial charge is 0.263 e. The largest absolute Gasteiger partial charge is 0.495 e. The number of nitrogens with zero attached hydrogens (tertiary/aromatic N) is 3. The third kappa shape index (κ3) is 5.63. The van der Waals surface area contributed by atoms with Crippen LogP contribution in [0.2, 0.25) is 0 Å². The van der Waals surface area contributed by atoms with E-state index in [2.05, 4.69) is 14.6 Å². The van der Waals surface area contributed by atoms with Crippen molar-refractivity contribution >= 4 is 38.1 Å². The summed E-state index contributed by atoms with van der Waals surface area (Å²) in [5, 5.41) is 2.09. The molecule has 1 aromatic heterocycles. The van der Waals surface area contributed by atoms with E-state index in [1.807, 2.05) is 29.2 Å². The van der Waals surface area contributed by atoms with Crippen LogP contribution in [0.3, 0.4) is 0 Å². The summed E-state index contributed by atoms with van der Waals surface area (Å²) >= 11 is 1.21. The molecule has 2 aromatic carbocycles. The first-order valence-electron chi connectivity index (χ1n) is 10.6. The monoisotopic (exact) mass is 486 g/mol. The molecular weight excluding hydrogens is 460 g/mol. The maximum absolute atomic E-state index is 12.7. The number of hydrogen-bond donors (Lipinski definition) is 1. The zero-order valence-corrected chi connectivity index (χ0v) is 19.9. The molecule has 0 unspecified atom stereocenters. The fraction of sp³-hybridized carbons (Fsp3) is 0.304. The molecule has 1 saturated heterocycles. The minimum Gasteiger partial charge on any atom is -0.495 e. The number of para-hydroxylation sites is 2. The minimum absolute atomic E-state index is 0.0779. The topological polar surface area (TPSA) is 91.8 Å². The molecule has 0 radical (unpaired) electrons. The summed E-state index contributed by atoms with van der Waals surface area (Å²) in [6.45, 7) is 2.79. The van der Waals surface area contributed by atoms with Gasteiger partial charge in [-0.05, 0) is 30.7 Å². The second-order valence-corrected chi connectivity index (χ2v) is 10.1. The summed E-state index contributed by atoms with van der Waals surface area (Å²) < 4.78 is 32.8. The van der Waals surface area contributed by atoms with E-state index >= 15 is 0 Å². The molecule has 1 aliphatic rings. The molecule has 0 atom stereocenters. The van der Waals surface area contributed by atoms with Gasteiger partial charge in [-0.15, -0.1) is 11.3 Å². The Bertz CT molecular complexity index is 1190. The summed E-state index contributed by atoms with van der Waals surface area (Å²) in [6, 6.07) is 16.1. The first-order valence-corrected chi connectivity index (χ1v) is 13.0. The lowest BCUT2D eigenvalue weighted by Crippen LogP contribution is -2.48. The molecule has 0 spiro atoms. The fourth-order valence-corrected chi connectivity index (χ4v) is 5.74. The molecule has 10 heteroatoms. The number of methoxy groups -OCH3 is 1. The van der Waals surface area contributed by atoms with Gasteiger partial charge in [0, 0.05) is 38.0 Å². The number of amides is 1. The lowest BCUT2D eigenvalue weighted by atomic mass is 10.2. The first kappa shape index (κ1) is 23.1. The standard InChI is InChI=1S/C23H26N4O4S2/c1-31-21-10-6-5-9-20(21)26-13-15-27(16-14-26)22(28)12-11-18-17-32-23(24-18)25-33(29,30)19-7-3-2-4-8-19/h2-10,17H,11-16H2,1H3,(H,24,25). The van der Waals surface area contributed by atoms with E-state index in [0.717, 1.165) is 24.5 Å². The minimum atomic E-state index is -3.67. The van der Waals surface area contributed by atoms with Crippen LogP contribution in [0.25, 0.3) is 0 Å². The van der Waals surface area contributed by atoms with Gasteiger partial charge in [0.15, 0.2) is 5.13 Å². The van der Waals surface area contributed by atoms with Crippen LogP contribution in [-0.4, -0.2) is 57.5 Å². The highest BCUT2D eigenvalue weighted by Gasteiger charge is 2.23. The molecule has 0 saturated carbocycles. The molecule has 174 valence electrons. The van der Waals surface area contributed by atoms with Gasteiger partial charge in [0.1, 0.15) is 5.75 Å². The molecule has 0 aliphatic carbocycles. The van der Waals surface area contributed by atoms with Crippen LogP contribution in [0.1, 0.15) is 12.1 Å². The van der Waals surface area contributed by atoms with Crippen LogP contribution in [0.5, 0.6) is 5.75 Å². The number of hydrogen-bond acceptors (Lipinski definition) is 7. The lowest BCUT2D eigenvalue weighted by Gasteiger charge is -2.36. The number of aryl methyl sites for hydroxylation is 1. The Balaban J connectivity index is 1.27. The normalized spacial score (nSPS) is 14.2. The van der Waals surface area contributed by atoms with E-state index in [1.54, 1.807) is 30.7 Å². The van der Waals surface area contributed by atoms with Crippen molar-refractivity contribution in [2.75, 3.05) is 42.9 Å². The van der Waals surface area contributed by atoms with E-state index in [0.29, 0.717) is 36.8 Å². The number of piperazine rings is 1. The van der Waals surface area contributed by atoms with E-state index in [-0.39, 0.29) is 10.8 Å². The Kier molecular flexibility index (Phi) is 7.14. The van der Waals surface area contributed by atoms with Gasteiger partial charge in [-0.3, -0.25) is 9.52 Å². The van der Waals surface area contributed by atoms with Gasteiger partial charge in [-0.2, -0.15) is 0 Å². The second-order valence-electron chi connectivity index (χ2n) is 7.60. The maximum Gasteiger partial charge on any atom is 0.263 e. The molecule has 33 heavy (non-hydrogen) atoms. The van der Waals surface area contributed by atoms with E-state index < -0.39 is 10.0 Å². The maximum atomic E-state index is 12.7. The first-order chi connectivity index (χ1) is 16.0. The number of thiazole rings is 1. The number of ether oxygens (including phenoxy) is 1. The van der Waals surface area contributed by atoms with Gasteiger partial charge < -0.3 is 14.5 Å². The Morgan fingerprint density at radius 3 is 2.48 bits per heavy atom. The van der Waals surface area contributed by atoms with Crippen LogP contribution in [0.4, 0.5) is 10.8 Å². The van der Waals surface area contributed by atoms with Crippen molar-refractivity contribution in [1.29, 1.82) is 0 Å². The molecule has 1 N–H and O–H groups in total. The lowest BCUT2D eigenvalue weighted by molar-refractivity contribution is -0.131. The highest BCUT2D eigenvalue weighted by molar-refractivity contribution is 7.93.